The van der Waals surface area contributed by atoms with Crippen LogP contribution in [0.15, 0.2) is 28.3 Å². The smallest absolute Gasteiger partial charge is 0.243 e. The molecule has 2 aromatic rings. The first-order valence-corrected chi connectivity index (χ1v) is 12.0. The van der Waals surface area contributed by atoms with Gasteiger partial charge < -0.3 is 14.4 Å². The number of carbonyl (C=O) groups is 1. The maximum Gasteiger partial charge on any atom is 0.243 e. The first-order chi connectivity index (χ1) is 14.5. The Balaban J connectivity index is 1.35. The zero-order valence-electron chi connectivity index (χ0n) is 16.4. The van der Waals surface area contributed by atoms with Crippen molar-refractivity contribution in [3.63, 3.8) is 0 Å². The Morgan fingerprint density at radius 1 is 1.13 bits per heavy atom. The van der Waals surface area contributed by atoms with Crippen LogP contribution >= 0.6 is 11.8 Å². The monoisotopic (exact) mass is 454 g/mol. The van der Waals surface area contributed by atoms with Crippen molar-refractivity contribution in [1.29, 1.82) is 0 Å². The van der Waals surface area contributed by atoms with E-state index in [-0.39, 0.29) is 29.6 Å². The maximum atomic E-state index is 13.0. The van der Waals surface area contributed by atoms with Crippen LogP contribution in [0.4, 0.5) is 0 Å². The highest BCUT2D eigenvalue weighted by molar-refractivity contribution is 7.99. The summed E-state index contributed by atoms with van der Waals surface area (Å²) in [6, 6.07) is 4.63. The van der Waals surface area contributed by atoms with Crippen molar-refractivity contribution in [2.45, 2.75) is 23.5 Å². The number of piperazine rings is 1. The molecular formula is C17H22N6O5S2. The summed E-state index contributed by atoms with van der Waals surface area (Å²) in [4.78, 5) is 14.3. The van der Waals surface area contributed by atoms with E-state index >= 15 is 0 Å². The van der Waals surface area contributed by atoms with E-state index in [1.165, 1.54) is 28.2 Å². The fraction of sp³-hybridized carbons (Fsp3) is 0.529. The van der Waals surface area contributed by atoms with Crippen LogP contribution in [-0.2, 0) is 21.4 Å². The number of sulfonamides is 1. The molecule has 0 atom stereocenters. The van der Waals surface area contributed by atoms with Gasteiger partial charge in [-0.25, -0.2) is 13.1 Å². The minimum absolute atomic E-state index is 0.0676. The van der Waals surface area contributed by atoms with Crippen molar-refractivity contribution >= 4 is 27.7 Å². The lowest BCUT2D eigenvalue weighted by Crippen LogP contribution is -2.51. The van der Waals surface area contributed by atoms with Crippen LogP contribution in [0, 0.1) is 0 Å². The number of carbonyl (C=O) groups excluding carboxylic acids is 1. The zero-order valence-corrected chi connectivity index (χ0v) is 18.1. The molecule has 2 aliphatic rings. The third-order valence-electron chi connectivity index (χ3n) is 4.87. The highest BCUT2D eigenvalue weighted by Gasteiger charge is 2.31. The molecule has 13 heteroatoms. The number of rotatable bonds is 6. The molecule has 1 amide bonds. The highest BCUT2D eigenvalue weighted by Crippen LogP contribution is 2.33. The molecule has 1 fully saturated rings. The number of aromatic nitrogens is 4. The van der Waals surface area contributed by atoms with Crippen molar-refractivity contribution < 1.29 is 22.7 Å². The molecule has 0 saturated carbocycles. The molecule has 4 rings (SSSR count). The van der Waals surface area contributed by atoms with E-state index in [0.717, 1.165) is 0 Å². The number of fused-ring (bicyclic) bond motifs is 1. The number of hydrogen-bond acceptors (Lipinski definition) is 9. The second kappa shape index (κ2) is 8.78. The van der Waals surface area contributed by atoms with Crippen molar-refractivity contribution in [3.8, 4) is 11.5 Å². The van der Waals surface area contributed by atoms with Crippen molar-refractivity contribution in [3.05, 3.63) is 18.2 Å². The van der Waals surface area contributed by atoms with Gasteiger partial charge in [0.1, 0.15) is 13.2 Å². The van der Waals surface area contributed by atoms with Gasteiger partial charge in [0.2, 0.25) is 21.1 Å². The molecule has 2 aliphatic heterocycles. The van der Waals surface area contributed by atoms with Gasteiger partial charge >= 0.3 is 0 Å². The summed E-state index contributed by atoms with van der Waals surface area (Å²) in [6.45, 7) is 4.52. The molecule has 0 radical (unpaired) electrons. The number of nitrogens with zero attached hydrogens (tertiary/aromatic N) is 6. The lowest BCUT2D eigenvalue weighted by Gasteiger charge is -2.34. The van der Waals surface area contributed by atoms with E-state index in [1.807, 2.05) is 6.92 Å². The first kappa shape index (κ1) is 20.9. The van der Waals surface area contributed by atoms with Crippen LogP contribution in [0.25, 0.3) is 0 Å². The molecule has 1 aromatic carbocycles. The predicted octanol–water partition coefficient (Wildman–Crippen LogP) is 0.0894. The summed E-state index contributed by atoms with van der Waals surface area (Å²) in [6.07, 6.45) is 0. The van der Waals surface area contributed by atoms with Crippen molar-refractivity contribution in [1.82, 2.24) is 29.4 Å². The van der Waals surface area contributed by atoms with Gasteiger partial charge in [0.15, 0.2) is 11.5 Å². The Morgan fingerprint density at radius 3 is 2.60 bits per heavy atom. The average Bonchev–Trinajstić information content (AvgIpc) is 3.25. The third kappa shape index (κ3) is 4.23. The van der Waals surface area contributed by atoms with Crippen LogP contribution < -0.4 is 9.47 Å². The minimum Gasteiger partial charge on any atom is -0.486 e. The standard InChI is InChI=1S/C17H22N6O5S2/c1-2-23-17(18-19-20-23)29-12-16(24)21-5-7-22(8-6-21)30(25,26)13-3-4-14-15(11-13)28-10-9-27-14/h3-4,11H,2,5-10,12H2,1H3. The number of hydrogen-bond donors (Lipinski definition) is 0. The largest absolute Gasteiger partial charge is 0.486 e. The molecule has 0 bridgehead atoms. The predicted molar refractivity (Wildman–Crippen MR) is 107 cm³/mol. The molecule has 162 valence electrons. The van der Waals surface area contributed by atoms with Crippen LogP contribution in [0.1, 0.15) is 6.92 Å². The average molecular weight is 455 g/mol. The Bertz CT molecular complexity index is 1020. The summed E-state index contributed by atoms with van der Waals surface area (Å²) < 4.78 is 40.0. The number of tetrazole rings is 1. The molecule has 1 saturated heterocycles. The quantitative estimate of drug-likeness (QED) is 0.559. The van der Waals surface area contributed by atoms with E-state index in [9.17, 15) is 13.2 Å². The Hall–Kier alpha value is -2.38. The Kier molecular flexibility index (Phi) is 6.11. The van der Waals surface area contributed by atoms with Crippen LogP contribution in [0.3, 0.4) is 0 Å². The number of ether oxygens (including phenoxy) is 2. The van der Waals surface area contributed by atoms with Gasteiger partial charge in [-0.2, -0.15) is 4.31 Å². The van der Waals surface area contributed by atoms with Gasteiger partial charge in [0.05, 0.1) is 10.6 Å². The fourth-order valence-electron chi connectivity index (χ4n) is 3.23. The Labute approximate surface area is 178 Å². The molecule has 1 aromatic heterocycles. The third-order valence-corrected chi connectivity index (χ3v) is 7.70. The van der Waals surface area contributed by atoms with E-state index in [1.54, 1.807) is 15.6 Å². The van der Waals surface area contributed by atoms with Crippen LogP contribution in [0.5, 0.6) is 11.5 Å². The van der Waals surface area contributed by atoms with Crippen LogP contribution in [0.2, 0.25) is 0 Å². The molecule has 30 heavy (non-hydrogen) atoms. The second-order valence-corrected chi connectivity index (χ2v) is 9.54. The summed E-state index contributed by atoms with van der Waals surface area (Å²) in [5, 5.41) is 11.9. The minimum atomic E-state index is -3.68. The number of amides is 1. The van der Waals surface area contributed by atoms with E-state index < -0.39 is 10.0 Å². The van der Waals surface area contributed by atoms with Gasteiger partial charge in [-0.05, 0) is 29.5 Å². The normalized spacial score (nSPS) is 17.2. The molecule has 0 unspecified atom stereocenters. The molecular weight excluding hydrogens is 432 g/mol. The van der Waals surface area contributed by atoms with E-state index in [0.29, 0.717) is 49.5 Å². The summed E-state index contributed by atoms with van der Waals surface area (Å²) in [5.41, 5.74) is 0. The van der Waals surface area contributed by atoms with E-state index in [2.05, 4.69) is 15.5 Å². The fourth-order valence-corrected chi connectivity index (χ4v) is 5.51. The number of benzene rings is 1. The second-order valence-electron chi connectivity index (χ2n) is 6.66. The summed E-state index contributed by atoms with van der Waals surface area (Å²) >= 11 is 1.27. The zero-order chi connectivity index (χ0) is 21.1. The number of aryl methyl sites for hydroxylation is 1. The molecule has 0 N–H and O–H groups in total. The topological polar surface area (TPSA) is 120 Å². The lowest BCUT2D eigenvalue weighted by molar-refractivity contribution is -0.129. The van der Waals surface area contributed by atoms with Gasteiger partial charge in [0, 0.05) is 38.8 Å². The van der Waals surface area contributed by atoms with Gasteiger partial charge in [0.25, 0.3) is 0 Å². The lowest BCUT2D eigenvalue weighted by atomic mass is 10.3. The SMILES string of the molecule is CCn1nnnc1SCC(=O)N1CCN(S(=O)(=O)c2ccc3c(c2)OCCO3)CC1. The van der Waals surface area contributed by atoms with Crippen molar-refractivity contribution in [2.24, 2.45) is 0 Å². The molecule has 0 spiro atoms. The van der Waals surface area contributed by atoms with Gasteiger partial charge in [-0.15, -0.1) is 5.10 Å². The molecule has 0 aliphatic carbocycles. The van der Waals surface area contributed by atoms with Gasteiger partial charge in [-0.3, -0.25) is 4.79 Å². The van der Waals surface area contributed by atoms with Crippen molar-refractivity contribution in [2.75, 3.05) is 45.1 Å². The number of thioether (sulfide) groups is 1. The first-order valence-electron chi connectivity index (χ1n) is 9.55. The molecule has 3 heterocycles. The highest BCUT2D eigenvalue weighted by atomic mass is 32.2. The van der Waals surface area contributed by atoms with Gasteiger partial charge in [-0.1, -0.05) is 11.8 Å². The Morgan fingerprint density at radius 2 is 1.87 bits per heavy atom. The summed E-state index contributed by atoms with van der Waals surface area (Å²) in [5.74, 6) is 1.11. The van der Waals surface area contributed by atoms with E-state index in [4.69, 9.17) is 9.47 Å². The van der Waals surface area contributed by atoms with Crippen LogP contribution in [-0.4, -0.2) is 88.9 Å². The summed E-state index contributed by atoms with van der Waals surface area (Å²) in [7, 11) is -3.68. The maximum absolute atomic E-state index is 13.0. The molecule has 11 nitrogen and oxygen atoms in total.